The average molecular weight is 461 g/mol. The summed E-state index contributed by atoms with van der Waals surface area (Å²) < 4.78 is 5.67. The summed E-state index contributed by atoms with van der Waals surface area (Å²) in [4.78, 5) is 9.11. The molecule has 0 amide bonds. The van der Waals surface area contributed by atoms with Crippen LogP contribution in [0.25, 0.3) is 0 Å². The Hall–Kier alpha value is -1.06. The highest BCUT2D eigenvalue weighted by atomic mass is 127. The molecule has 142 valence electrons. The molecule has 7 heteroatoms. The normalized spacial score (nSPS) is 19.2. The summed E-state index contributed by atoms with van der Waals surface area (Å²) >= 11 is 0. The molecule has 0 aromatic heterocycles. The first-order valence-corrected chi connectivity index (χ1v) is 8.68. The molecular weight excluding hydrogens is 429 g/mol. The Balaban J connectivity index is 0.00000312. The van der Waals surface area contributed by atoms with Crippen LogP contribution >= 0.6 is 24.0 Å². The van der Waals surface area contributed by atoms with Crippen LogP contribution in [-0.2, 0) is 6.54 Å². The topological polar surface area (TPSA) is 52.1 Å². The molecule has 1 fully saturated rings. The Kier molecular flexibility index (Phi) is 10.1. The maximum atomic E-state index is 5.67. The van der Waals surface area contributed by atoms with Gasteiger partial charge in [0.2, 0.25) is 0 Å². The van der Waals surface area contributed by atoms with Gasteiger partial charge in [-0.2, -0.15) is 0 Å². The summed E-state index contributed by atoms with van der Waals surface area (Å²) in [6.07, 6.45) is 0. The van der Waals surface area contributed by atoms with E-state index in [1.54, 1.807) is 7.05 Å². The Morgan fingerprint density at radius 1 is 1.24 bits per heavy atom. The molecule has 0 saturated carbocycles. The summed E-state index contributed by atoms with van der Waals surface area (Å²) in [7, 11) is 6.17. The highest BCUT2D eigenvalue weighted by Gasteiger charge is 2.22. The fourth-order valence-electron chi connectivity index (χ4n) is 2.88. The number of guanidine groups is 1. The summed E-state index contributed by atoms with van der Waals surface area (Å²) in [5.41, 5.74) is 1.14. The monoisotopic (exact) mass is 461 g/mol. The van der Waals surface area contributed by atoms with Gasteiger partial charge in [-0.05, 0) is 27.1 Å². The van der Waals surface area contributed by atoms with Crippen molar-refractivity contribution in [2.24, 2.45) is 4.99 Å². The summed E-state index contributed by atoms with van der Waals surface area (Å²) in [5.74, 6) is 1.75. The molecule has 2 rings (SSSR count). The molecule has 1 aromatic rings. The van der Waals surface area contributed by atoms with Crippen molar-refractivity contribution < 1.29 is 4.74 Å². The van der Waals surface area contributed by atoms with Crippen LogP contribution < -0.4 is 15.4 Å². The van der Waals surface area contributed by atoms with Gasteiger partial charge in [-0.15, -0.1) is 24.0 Å². The van der Waals surface area contributed by atoms with Gasteiger partial charge in [-0.3, -0.25) is 9.89 Å². The second kappa shape index (κ2) is 11.5. The smallest absolute Gasteiger partial charge is 0.191 e. The SMILES string of the molecule is CCOc1ccccc1CNC(=NC)NCC1CN(C)CCN1C.I. The number of benzene rings is 1. The minimum atomic E-state index is 0. The van der Waals surface area contributed by atoms with E-state index < -0.39 is 0 Å². The minimum absolute atomic E-state index is 0. The van der Waals surface area contributed by atoms with E-state index in [-0.39, 0.29) is 24.0 Å². The van der Waals surface area contributed by atoms with Crippen LogP contribution in [0.3, 0.4) is 0 Å². The van der Waals surface area contributed by atoms with E-state index in [0.29, 0.717) is 19.2 Å². The summed E-state index contributed by atoms with van der Waals surface area (Å²) in [6, 6.07) is 8.61. The van der Waals surface area contributed by atoms with Crippen molar-refractivity contribution in [3.8, 4) is 5.75 Å². The van der Waals surface area contributed by atoms with E-state index in [1.807, 2.05) is 25.1 Å². The highest BCUT2D eigenvalue weighted by molar-refractivity contribution is 14.0. The molecule has 1 heterocycles. The lowest BCUT2D eigenvalue weighted by molar-refractivity contribution is 0.116. The van der Waals surface area contributed by atoms with Crippen LogP contribution in [0.2, 0.25) is 0 Å². The van der Waals surface area contributed by atoms with Crippen LogP contribution in [0.5, 0.6) is 5.75 Å². The third-order valence-corrected chi connectivity index (χ3v) is 4.43. The lowest BCUT2D eigenvalue weighted by atomic mass is 10.2. The second-order valence-corrected chi connectivity index (χ2v) is 6.24. The molecule has 2 N–H and O–H groups in total. The van der Waals surface area contributed by atoms with Gasteiger partial charge in [0.15, 0.2) is 5.96 Å². The van der Waals surface area contributed by atoms with E-state index in [2.05, 4.69) is 45.6 Å². The number of ether oxygens (including phenoxy) is 1. The predicted molar refractivity (Wildman–Crippen MR) is 115 cm³/mol. The zero-order chi connectivity index (χ0) is 17.4. The Labute approximate surface area is 169 Å². The Bertz CT molecular complexity index is 540. The van der Waals surface area contributed by atoms with Gasteiger partial charge < -0.3 is 20.3 Å². The maximum Gasteiger partial charge on any atom is 0.191 e. The van der Waals surface area contributed by atoms with Crippen molar-refractivity contribution in [1.29, 1.82) is 0 Å². The van der Waals surface area contributed by atoms with Gasteiger partial charge in [-0.1, -0.05) is 18.2 Å². The first-order valence-electron chi connectivity index (χ1n) is 8.68. The van der Waals surface area contributed by atoms with Crippen LogP contribution in [-0.4, -0.2) is 75.7 Å². The minimum Gasteiger partial charge on any atom is -0.494 e. The first-order chi connectivity index (χ1) is 11.6. The van der Waals surface area contributed by atoms with Crippen molar-refractivity contribution in [2.45, 2.75) is 19.5 Å². The number of likely N-dealkylation sites (N-methyl/N-ethyl adjacent to an activating group) is 2. The molecule has 6 nitrogen and oxygen atoms in total. The molecule has 0 spiro atoms. The van der Waals surface area contributed by atoms with E-state index in [0.717, 1.165) is 43.5 Å². The second-order valence-electron chi connectivity index (χ2n) is 6.24. The van der Waals surface area contributed by atoms with Crippen LogP contribution in [0.15, 0.2) is 29.3 Å². The van der Waals surface area contributed by atoms with E-state index >= 15 is 0 Å². The molecule has 25 heavy (non-hydrogen) atoms. The molecule has 1 unspecified atom stereocenters. The zero-order valence-corrected chi connectivity index (χ0v) is 18.1. The Morgan fingerprint density at radius 3 is 2.72 bits per heavy atom. The largest absolute Gasteiger partial charge is 0.494 e. The molecule has 0 bridgehead atoms. The molecule has 1 aliphatic rings. The van der Waals surface area contributed by atoms with Gasteiger partial charge >= 0.3 is 0 Å². The molecule has 1 aliphatic heterocycles. The van der Waals surface area contributed by atoms with E-state index in [4.69, 9.17) is 4.74 Å². The molecule has 1 atom stereocenters. The van der Waals surface area contributed by atoms with Gasteiger partial charge in [0.25, 0.3) is 0 Å². The number of nitrogens with zero attached hydrogens (tertiary/aromatic N) is 3. The fourth-order valence-corrected chi connectivity index (χ4v) is 2.88. The van der Waals surface area contributed by atoms with Gasteiger partial charge in [0, 0.05) is 51.4 Å². The van der Waals surface area contributed by atoms with Gasteiger partial charge in [0.1, 0.15) is 5.75 Å². The molecule has 1 saturated heterocycles. The number of rotatable bonds is 6. The van der Waals surface area contributed by atoms with Crippen LogP contribution in [0, 0.1) is 0 Å². The molecule has 1 aromatic carbocycles. The number of hydrogen-bond acceptors (Lipinski definition) is 4. The van der Waals surface area contributed by atoms with Crippen LogP contribution in [0.1, 0.15) is 12.5 Å². The standard InChI is InChI=1S/C18H31N5O.HI/c1-5-24-17-9-7-6-8-15(17)12-20-18(19-2)21-13-16-14-22(3)10-11-23(16)4;/h6-9,16H,5,10-14H2,1-4H3,(H2,19,20,21);1H. The molecule has 0 aliphatic carbocycles. The number of piperazine rings is 1. The number of aliphatic imine (C=N–C) groups is 1. The fraction of sp³-hybridized carbons (Fsp3) is 0.611. The van der Waals surface area contributed by atoms with E-state index in [9.17, 15) is 0 Å². The number of halogens is 1. The van der Waals surface area contributed by atoms with Gasteiger partial charge in [-0.25, -0.2) is 0 Å². The quantitative estimate of drug-likeness (QED) is 0.383. The summed E-state index contributed by atoms with van der Waals surface area (Å²) in [5, 5.41) is 6.82. The third-order valence-electron chi connectivity index (χ3n) is 4.43. The molecule has 0 radical (unpaired) electrons. The first kappa shape index (κ1) is 22.0. The van der Waals surface area contributed by atoms with Crippen molar-refractivity contribution in [3.63, 3.8) is 0 Å². The summed E-state index contributed by atoms with van der Waals surface area (Å²) in [6.45, 7) is 7.57. The molecular formula is C18H32IN5O. The average Bonchev–Trinajstić information content (AvgIpc) is 2.59. The van der Waals surface area contributed by atoms with Crippen LogP contribution in [0.4, 0.5) is 0 Å². The lowest BCUT2D eigenvalue weighted by Gasteiger charge is -2.37. The van der Waals surface area contributed by atoms with Crippen molar-refractivity contribution >= 4 is 29.9 Å². The lowest BCUT2D eigenvalue weighted by Crippen LogP contribution is -2.55. The van der Waals surface area contributed by atoms with Crippen molar-refractivity contribution in [3.05, 3.63) is 29.8 Å². The zero-order valence-electron chi connectivity index (χ0n) is 15.8. The van der Waals surface area contributed by atoms with Crippen molar-refractivity contribution in [2.75, 3.05) is 53.9 Å². The number of nitrogens with one attached hydrogen (secondary N) is 2. The van der Waals surface area contributed by atoms with E-state index in [1.165, 1.54) is 0 Å². The Morgan fingerprint density at radius 2 is 2.00 bits per heavy atom. The number of para-hydroxylation sites is 1. The van der Waals surface area contributed by atoms with Crippen molar-refractivity contribution in [1.82, 2.24) is 20.4 Å². The van der Waals surface area contributed by atoms with Gasteiger partial charge in [0.05, 0.1) is 6.61 Å². The third kappa shape index (κ3) is 6.99. The maximum absolute atomic E-state index is 5.67. The predicted octanol–water partition coefficient (Wildman–Crippen LogP) is 1.61. The number of hydrogen-bond donors (Lipinski definition) is 2. The highest BCUT2D eigenvalue weighted by Crippen LogP contribution is 2.17.